The van der Waals surface area contributed by atoms with E-state index in [-0.39, 0.29) is 24.0 Å². The van der Waals surface area contributed by atoms with Gasteiger partial charge in [0.25, 0.3) is 5.89 Å². The SMILES string of the molecule is CCNC(=NCC1(CC(C)C)CCCC1)NCCc1noc(-c2ccccn2)n1.I. The van der Waals surface area contributed by atoms with Crippen molar-refractivity contribution in [2.45, 2.75) is 59.3 Å². The average Bonchev–Trinajstić information content (AvgIpc) is 3.37. The Bertz CT molecular complexity index is 771. The Balaban J connectivity index is 0.00000320. The monoisotopic (exact) mass is 526 g/mol. The van der Waals surface area contributed by atoms with Crippen LogP contribution in [0.2, 0.25) is 0 Å². The Morgan fingerprint density at radius 1 is 1.23 bits per heavy atom. The van der Waals surface area contributed by atoms with E-state index in [1.54, 1.807) is 6.20 Å². The summed E-state index contributed by atoms with van der Waals surface area (Å²) in [7, 11) is 0. The molecule has 3 rings (SSSR count). The van der Waals surface area contributed by atoms with Gasteiger partial charge in [0.1, 0.15) is 5.69 Å². The number of guanidine groups is 1. The van der Waals surface area contributed by atoms with Gasteiger partial charge in [-0.05, 0) is 49.7 Å². The number of aliphatic imine (C=N–C) groups is 1. The predicted molar refractivity (Wildman–Crippen MR) is 131 cm³/mol. The summed E-state index contributed by atoms with van der Waals surface area (Å²) in [6.07, 6.45) is 8.91. The van der Waals surface area contributed by atoms with Crippen molar-refractivity contribution in [2.75, 3.05) is 19.6 Å². The number of pyridine rings is 1. The minimum Gasteiger partial charge on any atom is -0.357 e. The molecule has 2 N–H and O–H groups in total. The summed E-state index contributed by atoms with van der Waals surface area (Å²) in [6, 6.07) is 5.63. The Labute approximate surface area is 197 Å². The third kappa shape index (κ3) is 7.21. The lowest BCUT2D eigenvalue weighted by Gasteiger charge is -2.29. The van der Waals surface area contributed by atoms with E-state index in [9.17, 15) is 0 Å². The molecule has 0 atom stereocenters. The summed E-state index contributed by atoms with van der Waals surface area (Å²) in [5.41, 5.74) is 1.07. The molecule has 0 amide bonds. The van der Waals surface area contributed by atoms with Gasteiger partial charge in [-0.1, -0.05) is 37.9 Å². The molecule has 166 valence electrons. The van der Waals surface area contributed by atoms with Gasteiger partial charge in [-0.25, -0.2) is 0 Å². The van der Waals surface area contributed by atoms with E-state index in [2.05, 4.69) is 46.5 Å². The summed E-state index contributed by atoms with van der Waals surface area (Å²) in [6.45, 7) is 9.16. The van der Waals surface area contributed by atoms with Crippen LogP contribution < -0.4 is 10.6 Å². The topological polar surface area (TPSA) is 88.2 Å². The predicted octanol–water partition coefficient (Wildman–Crippen LogP) is 4.45. The molecule has 2 aromatic rings. The Hall–Kier alpha value is -1.71. The van der Waals surface area contributed by atoms with Crippen LogP contribution in [-0.2, 0) is 6.42 Å². The average molecular weight is 526 g/mol. The summed E-state index contributed by atoms with van der Waals surface area (Å²) in [5, 5.41) is 10.8. The van der Waals surface area contributed by atoms with Gasteiger partial charge in [0.05, 0.1) is 0 Å². The van der Waals surface area contributed by atoms with Crippen molar-refractivity contribution in [2.24, 2.45) is 16.3 Å². The highest BCUT2D eigenvalue weighted by Gasteiger charge is 2.34. The molecule has 0 spiro atoms. The van der Waals surface area contributed by atoms with Gasteiger partial charge in [-0.2, -0.15) is 4.98 Å². The number of aromatic nitrogens is 3. The van der Waals surface area contributed by atoms with E-state index in [1.807, 2.05) is 18.2 Å². The van der Waals surface area contributed by atoms with E-state index >= 15 is 0 Å². The number of nitrogens with one attached hydrogen (secondary N) is 2. The minimum atomic E-state index is 0. The Kier molecular flexibility index (Phi) is 10.0. The van der Waals surface area contributed by atoms with E-state index < -0.39 is 0 Å². The second kappa shape index (κ2) is 12.2. The van der Waals surface area contributed by atoms with Crippen molar-refractivity contribution in [1.82, 2.24) is 25.8 Å². The summed E-state index contributed by atoms with van der Waals surface area (Å²) >= 11 is 0. The van der Waals surface area contributed by atoms with Crippen LogP contribution >= 0.6 is 24.0 Å². The fourth-order valence-corrected chi connectivity index (χ4v) is 4.25. The van der Waals surface area contributed by atoms with Crippen molar-refractivity contribution in [3.8, 4) is 11.6 Å². The number of nitrogens with zero attached hydrogens (tertiary/aromatic N) is 4. The molecule has 0 aliphatic heterocycles. The molecule has 2 heterocycles. The molecule has 1 aliphatic rings. The van der Waals surface area contributed by atoms with E-state index in [0.717, 1.165) is 19.0 Å². The van der Waals surface area contributed by atoms with Crippen molar-refractivity contribution in [3.63, 3.8) is 0 Å². The van der Waals surface area contributed by atoms with Gasteiger partial charge in [-0.3, -0.25) is 9.98 Å². The van der Waals surface area contributed by atoms with Crippen LogP contribution in [0.5, 0.6) is 0 Å². The number of rotatable bonds is 9. The molecule has 0 radical (unpaired) electrons. The minimum absolute atomic E-state index is 0. The zero-order valence-corrected chi connectivity index (χ0v) is 20.7. The fraction of sp³-hybridized carbons (Fsp3) is 0.636. The first-order valence-electron chi connectivity index (χ1n) is 10.9. The normalized spacial score (nSPS) is 15.8. The van der Waals surface area contributed by atoms with Crippen molar-refractivity contribution >= 4 is 29.9 Å². The lowest BCUT2D eigenvalue weighted by atomic mass is 9.78. The summed E-state index contributed by atoms with van der Waals surface area (Å²) in [4.78, 5) is 13.6. The zero-order valence-electron chi connectivity index (χ0n) is 18.4. The molecule has 0 unspecified atom stereocenters. The largest absolute Gasteiger partial charge is 0.357 e. The van der Waals surface area contributed by atoms with Crippen molar-refractivity contribution < 1.29 is 4.52 Å². The maximum Gasteiger partial charge on any atom is 0.276 e. The van der Waals surface area contributed by atoms with Gasteiger partial charge in [0.15, 0.2) is 11.8 Å². The first-order valence-corrected chi connectivity index (χ1v) is 10.9. The molecule has 0 aromatic carbocycles. The molecular formula is C22H35IN6O. The van der Waals surface area contributed by atoms with Crippen LogP contribution in [0.1, 0.15) is 58.7 Å². The van der Waals surface area contributed by atoms with Crippen LogP contribution in [0.3, 0.4) is 0 Å². The maximum atomic E-state index is 5.32. The van der Waals surface area contributed by atoms with E-state index in [0.29, 0.717) is 41.7 Å². The summed E-state index contributed by atoms with van der Waals surface area (Å²) < 4.78 is 5.32. The van der Waals surface area contributed by atoms with Crippen molar-refractivity contribution in [1.29, 1.82) is 0 Å². The molecule has 7 nitrogen and oxygen atoms in total. The second-order valence-corrected chi connectivity index (χ2v) is 8.41. The standard InChI is InChI=1S/C22H34N6O.HI/c1-4-23-21(26-16-22(15-17(2)3)11-6-7-12-22)25-14-10-19-27-20(29-28-19)18-9-5-8-13-24-18;/h5,8-9,13,17H,4,6-7,10-12,14-16H2,1-3H3,(H2,23,25,26);1H. The van der Waals surface area contributed by atoms with E-state index in [4.69, 9.17) is 9.52 Å². The smallest absolute Gasteiger partial charge is 0.276 e. The first kappa shape index (κ1) is 24.6. The molecule has 1 saturated carbocycles. The Morgan fingerprint density at radius 2 is 2.03 bits per heavy atom. The van der Waals surface area contributed by atoms with E-state index in [1.165, 1.54) is 32.1 Å². The lowest BCUT2D eigenvalue weighted by Crippen LogP contribution is -2.39. The molecule has 2 aromatic heterocycles. The third-order valence-electron chi connectivity index (χ3n) is 5.42. The number of hydrogen-bond donors (Lipinski definition) is 2. The van der Waals surface area contributed by atoms with Gasteiger partial charge < -0.3 is 15.2 Å². The summed E-state index contributed by atoms with van der Waals surface area (Å²) in [5.74, 6) is 2.71. The van der Waals surface area contributed by atoms with Gasteiger partial charge in [-0.15, -0.1) is 24.0 Å². The maximum absolute atomic E-state index is 5.32. The molecule has 1 aliphatic carbocycles. The zero-order chi connectivity index (χ0) is 20.5. The highest BCUT2D eigenvalue weighted by Crippen LogP contribution is 2.43. The van der Waals surface area contributed by atoms with Gasteiger partial charge >= 0.3 is 0 Å². The first-order chi connectivity index (χ1) is 14.1. The van der Waals surface area contributed by atoms with Crippen LogP contribution in [0.25, 0.3) is 11.6 Å². The molecule has 30 heavy (non-hydrogen) atoms. The molecule has 1 fully saturated rings. The third-order valence-corrected chi connectivity index (χ3v) is 5.42. The second-order valence-electron chi connectivity index (χ2n) is 8.41. The molecule has 8 heteroatoms. The van der Waals surface area contributed by atoms with Gasteiger partial charge in [0.2, 0.25) is 0 Å². The molecule has 0 bridgehead atoms. The number of hydrogen-bond acceptors (Lipinski definition) is 5. The van der Waals surface area contributed by atoms with Crippen LogP contribution in [0.4, 0.5) is 0 Å². The van der Waals surface area contributed by atoms with Gasteiger partial charge in [0, 0.05) is 32.3 Å². The highest BCUT2D eigenvalue weighted by atomic mass is 127. The molecular weight excluding hydrogens is 491 g/mol. The van der Waals surface area contributed by atoms with Crippen LogP contribution in [0.15, 0.2) is 33.9 Å². The van der Waals surface area contributed by atoms with Crippen LogP contribution in [0, 0.1) is 11.3 Å². The Morgan fingerprint density at radius 3 is 2.70 bits per heavy atom. The quantitative estimate of drug-likeness (QED) is 0.285. The number of halogens is 1. The highest BCUT2D eigenvalue weighted by molar-refractivity contribution is 14.0. The van der Waals surface area contributed by atoms with Crippen LogP contribution in [-0.4, -0.2) is 40.7 Å². The van der Waals surface area contributed by atoms with Crippen molar-refractivity contribution in [3.05, 3.63) is 30.2 Å². The lowest BCUT2D eigenvalue weighted by molar-refractivity contribution is 0.245. The molecule has 0 saturated heterocycles. The fourth-order valence-electron chi connectivity index (χ4n) is 4.25.